The fraction of sp³-hybridized carbons (Fsp3) is 0.222. The number of rotatable bonds is 2. The van der Waals surface area contributed by atoms with E-state index in [9.17, 15) is 9.59 Å². The monoisotopic (exact) mass is 377 g/mol. The van der Waals surface area contributed by atoms with Crippen LogP contribution in [0.2, 0.25) is 10.0 Å². The van der Waals surface area contributed by atoms with E-state index >= 15 is 0 Å². The Kier molecular flexibility index (Phi) is 5.46. The second-order valence-corrected chi connectivity index (χ2v) is 6.54. The van der Waals surface area contributed by atoms with Gasteiger partial charge in [0.1, 0.15) is 0 Å². The van der Waals surface area contributed by atoms with Crippen LogP contribution in [0.25, 0.3) is 0 Å². The number of anilines is 2. The average Bonchev–Trinajstić information content (AvgIpc) is 2.63. The molecule has 0 atom stereocenters. The Morgan fingerprint density at radius 1 is 0.920 bits per heavy atom. The number of para-hydroxylation sites is 1. The van der Waals surface area contributed by atoms with E-state index in [1.54, 1.807) is 29.2 Å². The maximum Gasteiger partial charge on any atom is 0.313 e. The molecule has 0 aliphatic carbocycles. The van der Waals surface area contributed by atoms with E-state index in [1.165, 1.54) is 0 Å². The van der Waals surface area contributed by atoms with Crippen LogP contribution in [-0.2, 0) is 9.59 Å². The predicted octanol–water partition coefficient (Wildman–Crippen LogP) is 3.28. The summed E-state index contributed by atoms with van der Waals surface area (Å²) in [6, 6.07) is 14.4. The van der Waals surface area contributed by atoms with Gasteiger partial charge in [-0.15, -0.1) is 0 Å². The molecule has 130 valence electrons. The summed E-state index contributed by atoms with van der Waals surface area (Å²) < 4.78 is 0. The fourth-order valence-corrected chi connectivity index (χ4v) is 3.09. The van der Waals surface area contributed by atoms with Crippen LogP contribution in [0.15, 0.2) is 48.5 Å². The molecule has 0 spiro atoms. The molecular weight excluding hydrogens is 361 g/mol. The fourth-order valence-electron chi connectivity index (χ4n) is 2.72. The number of nitrogens with one attached hydrogen (secondary N) is 1. The largest absolute Gasteiger partial charge is 0.368 e. The number of amides is 2. The second kappa shape index (κ2) is 7.76. The Balaban J connectivity index is 1.58. The van der Waals surface area contributed by atoms with Gasteiger partial charge in [-0.05, 0) is 30.3 Å². The summed E-state index contributed by atoms with van der Waals surface area (Å²) in [4.78, 5) is 28.2. The third-order valence-electron chi connectivity index (χ3n) is 4.06. The van der Waals surface area contributed by atoms with Crippen molar-refractivity contribution in [2.75, 3.05) is 36.4 Å². The molecule has 0 aromatic heterocycles. The lowest BCUT2D eigenvalue weighted by Crippen LogP contribution is -2.51. The molecule has 0 radical (unpaired) electrons. The lowest BCUT2D eigenvalue weighted by molar-refractivity contribution is -0.143. The van der Waals surface area contributed by atoms with E-state index in [-0.39, 0.29) is 0 Å². The second-order valence-electron chi connectivity index (χ2n) is 5.69. The molecule has 1 heterocycles. The number of benzene rings is 2. The van der Waals surface area contributed by atoms with Gasteiger partial charge in [-0.25, -0.2) is 0 Å². The van der Waals surface area contributed by atoms with E-state index in [1.807, 2.05) is 24.3 Å². The first-order valence-electron chi connectivity index (χ1n) is 7.90. The number of carbonyl (C=O) groups is 2. The lowest BCUT2D eigenvalue weighted by Gasteiger charge is -2.35. The Labute approximate surface area is 156 Å². The standard InChI is InChI=1S/C18H17Cl2N3O2/c19-13-4-3-5-14(12-13)22-8-10-23(11-9-22)18(25)17(24)21-16-7-2-1-6-15(16)20/h1-7,12H,8-11H2,(H,21,24). The zero-order valence-corrected chi connectivity index (χ0v) is 14.9. The SMILES string of the molecule is O=C(Nc1ccccc1Cl)C(=O)N1CCN(c2cccc(Cl)c2)CC1. The van der Waals surface area contributed by atoms with Gasteiger partial charge in [0.2, 0.25) is 0 Å². The topological polar surface area (TPSA) is 52.7 Å². The highest BCUT2D eigenvalue weighted by Crippen LogP contribution is 2.22. The van der Waals surface area contributed by atoms with Gasteiger partial charge in [0.15, 0.2) is 0 Å². The molecule has 0 bridgehead atoms. The molecule has 2 amide bonds. The van der Waals surface area contributed by atoms with Gasteiger partial charge in [0, 0.05) is 36.9 Å². The zero-order valence-electron chi connectivity index (χ0n) is 13.4. The third-order valence-corrected chi connectivity index (χ3v) is 4.62. The van der Waals surface area contributed by atoms with Crippen molar-refractivity contribution in [2.45, 2.75) is 0 Å². The van der Waals surface area contributed by atoms with Gasteiger partial charge in [0.05, 0.1) is 10.7 Å². The van der Waals surface area contributed by atoms with Crippen LogP contribution in [0.5, 0.6) is 0 Å². The lowest BCUT2D eigenvalue weighted by atomic mass is 10.2. The molecule has 1 aliphatic rings. The molecule has 0 unspecified atom stereocenters. The quantitative estimate of drug-likeness (QED) is 0.817. The van der Waals surface area contributed by atoms with Crippen LogP contribution in [0.3, 0.4) is 0 Å². The summed E-state index contributed by atoms with van der Waals surface area (Å²) in [6.45, 7) is 2.24. The Morgan fingerprint density at radius 2 is 1.64 bits per heavy atom. The van der Waals surface area contributed by atoms with Crippen LogP contribution >= 0.6 is 23.2 Å². The summed E-state index contributed by atoms with van der Waals surface area (Å²) in [7, 11) is 0. The van der Waals surface area contributed by atoms with Crippen molar-refractivity contribution in [1.29, 1.82) is 0 Å². The number of piperazine rings is 1. The Bertz CT molecular complexity index is 789. The summed E-state index contributed by atoms with van der Waals surface area (Å²) in [5.41, 5.74) is 1.44. The minimum atomic E-state index is -0.677. The van der Waals surface area contributed by atoms with Crippen molar-refractivity contribution in [3.8, 4) is 0 Å². The molecule has 2 aromatic carbocycles. The number of nitrogens with zero attached hydrogens (tertiary/aromatic N) is 2. The first-order valence-corrected chi connectivity index (χ1v) is 8.65. The Morgan fingerprint density at radius 3 is 2.32 bits per heavy atom. The molecule has 25 heavy (non-hydrogen) atoms. The Hall–Kier alpha value is -2.24. The van der Waals surface area contributed by atoms with Crippen molar-refractivity contribution >= 4 is 46.4 Å². The van der Waals surface area contributed by atoms with Gasteiger partial charge >= 0.3 is 11.8 Å². The molecule has 3 rings (SSSR count). The summed E-state index contributed by atoms with van der Waals surface area (Å²) in [5, 5.41) is 3.64. The van der Waals surface area contributed by atoms with Crippen molar-refractivity contribution in [3.63, 3.8) is 0 Å². The molecular formula is C18H17Cl2N3O2. The molecule has 7 heteroatoms. The molecule has 5 nitrogen and oxygen atoms in total. The van der Waals surface area contributed by atoms with Crippen molar-refractivity contribution < 1.29 is 9.59 Å². The summed E-state index contributed by atoms with van der Waals surface area (Å²) >= 11 is 12.0. The van der Waals surface area contributed by atoms with Gasteiger partial charge in [-0.2, -0.15) is 0 Å². The first-order chi connectivity index (χ1) is 12.0. The van der Waals surface area contributed by atoms with Crippen LogP contribution in [-0.4, -0.2) is 42.9 Å². The van der Waals surface area contributed by atoms with Crippen LogP contribution in [0.1, 0.15) is 0 Å². The van der Waals surface area contributed by atoms with Crippen LogP contribution < -0.4 is 10.2 Å². The van der Waals surface area contributed by atoms with E-state index in [4.69, 9.17) is 23.2 Å². The average molecular weight is 378 g/mol. The predicted molar refractivity (Wildman–Crippen MR) is 100 cm³/mol. The third kappa shape index (κ3) is 4.24. The van der Waals surface area contributed by atoms with Crippen LogP contribution in [0, 0.1) is 0 Å². The maximum absolute atomic E-state index is 12.3. The van der Waals surface area contributed by atoms with E-state index in [0.29, 0.717) is 41.9 Å². The maximum atomic E-state index is 12.3. The van der Waals surface area contributed by atoms with E-state index < -0.39 is 11.8 Å². The molecule has 0 saturated carbocycles. The molecule has 1 aliphatic heterocycles. The molecule has 1 fully saturated rings. The summed E-state index contributed by atoms with van der Waals surface area (Å²) in [6.07, 6.45) is 0. The van der Waals surface area contributed by atoms with E-state index in [0.717, 1.165) is 5.69 Å². The first kappa shape index (κ1) is 17.6. The minimum absolute atomic E-state index is 0.398. The van der Waals surface area contributed by atoms with Crippen molar-refractivity contribution in [2.24, 2.45) is 0 Å². The van der Waals surface area contributed by atoms with Crippen LogP contribution in [0.4, 0.5) is 11.4 Å². The highest BCUT2D eigenvalue weighted by molar-refractivity contribution is 6.41. The number of halogens is 2. The highest BCUT2D eigenvalue weighted by atomic mass is 35.5. The normalized spacial score (nSPS) is 14.3. The smallest absolute Gasteiger partial charge is 0.313 e. The van der Waals surface area contributed by atoms with Gasteiger partial charge < -0.3 is 15.1 Å². The number of carbonyl (C=O) groups excluding carboxylic acids is 2. The summed E-state index contributed by atoms with van der Waals surface area (Å²) in [5.74, 6) is -1.23. The highest BCUT2D eigenvalue weighted by Gasteiger charge is 2.26. The van der Waals surface area contributed by atoms with E-state index in [2.05, 4.69) is 10.2 Å². The van der Waals surface area contributed by atoms with Gasteiger partial charge in [-0.3, -0.25) is 9.59 Å². The van der Waals surface area contributed by atoms with Crippen molar-refractivity contribution in [1.82, 2.24) is 4.90 Å². The minimum Gasteiger partial charge on any atom is -0.368 e. The molecule has 1 N–H and O–H groups in total. The van der Waals surface area contributed by atoms with Gasteiger partial charge in [0.25, 0.3) is 0 Å². The number of hydrogen-bond donors (Lipinski definition) is 1. The molecule has 1 saturated heterocycles. The molecule has 2 aromatic rings. The zero-order chi connectivity index (χ0) is 17.8. The number of hydrogen-bond acceptors (Lipinski definition) is 3. The van der Waals surface area contributed by atoms with Crippen molar-refractivity contribution in [3.05, 3.63) is 58.6 Å². The van der Waals surface area contributed by atoms with Gasteiger partial charge in [-0.1, -0.05) is 41.4 Å².